The van der Waals surface area contributed by atoms with Crippen molar-refractivity contribution < 1.29 is 4.52 Å². The SMILES string of the molecule is NC1C=CC(c2nc(C3(c4ccccc4)CCC3)no2)C1. The Kier molecular flexibility index (Phi) is 2.93. The number of hydrogen-bond acceptors (Lipinski definition) is 4. The van der Waals surface area contributed by atoms with Crippen LogP contribution in [0.1, 0.15) is 48.9 Å². The maximum Gasteiger partial charge on any atom is 0.233 e. The number of nitrogens with two attached hydrogens (primary N) is 1. The van der Waals surface area contributed by atoms with Gasteiger partial charge in [0.1, 0.15) is 0 Å². The number of hydrogen-bond donors (Lipinski definition) is 1. The normalized spacial score (nSPS) is 26.7. The number of nitrogens with zero attached hydrogens (tertiary/aromatic N) is 2. The first-order valence-electron chi connectivity index (χ1n) is 7.61. The molecular formula is C17H19N3O. The Balaban J connectivity index is 1.67. The molecule has 1 heterocycles. The third-order valence-corrected chi connectivity index (χ3v) is 4.84. The quantitative estimate of drug-likeness (QED) is 0.879. The van der Waals surface area contributed by atoms with Crippen molar-refractivity contribution >= 4 is 0 Å². The highest BCUT2D eigenvalue weighted by Gasteiger charge is 2.44. The zero-order chi connectivity index (χ0) is 14.3. The molecule has 4 heteroatoms. The van der Waals surface area contributed by atoms with Crippen molar-refractivity contribution in [3.8, 4) is 0 Å². The summed E-state index contributed by atoms with van der Waals surface area (Å²) < 4.78 is 5.53. The summed E-state index contributed by atoms with van der Waals surface area (Å²) in [5.74, 6) is 1.72. The first kappa shape index (κ1) is 12.8. The Bertz CT molecular complexity index is 658. The topological polar surface area (TPSA) is 64.9 Å². The average Bonchev–Trinajstić information content (AvgIpc) is 3.08. The van der Waals surface area contributed by atoms with Gasteiger partial charge in [-0.3, -0.25) is 0 Å². The monoisotopic (exact) mass is 281 g/mol. The lowest BCUT2D eigenvalue weighted by Gasteiger charge is -2.39. The van der Waals surface area contributed by atoms with Crippen LogP contribution in [0.15, 0.2) is 47.0 Å². The van der Waals surface area contributed by atoms with Gasteiger partial charge in [0, 0.05) is 6.04 Å². The van der Waals surface area contributed by atoms with Gasteiger partial charge in [-0.15, -0.1) is 0 Å². The van der Waals surface area contributed by atoms with Crippen LogP contribution in [-0.2, 0) is 5.41 Å². The fourth-order valence-electron chi connectivity index (χ4n) is 3.42. The van der Waals surface area contributed by atoms with Crippen molar-refractivity contribution in [2.24, 2.45) is 5.73 Å². The summed E-state index contributed by atoms with van der Waals surface area (Å²) in [6, 6.07) is 10.6. The Morgan fingerprint density at radius 3 is 2.57 bits per heavy atom. The molecule has 1 aromatic carbocycles. The van der Waals surface area contributed by atoms with Gasteiger partial charge in [0.2, 0.25) is 5.89 Å². The third kappa shape index (κ3) is 2.02. The van der Waals surface area contributed by atoms with Gasteiger partial charge in [-0.1, -0.05) is 54.1 Å². The fourth-order valence-corrected chi connectivity index (χ4v) is 3.42. The summed E-state index contributed by atoms with van der Waals surface area (Å²) in [6.45, 7) is 0. The maximum absolute atomic E-state index is 5.91. The van der Waals surface area contributed by atoms with Crippen molar-refractivity contribution in [1.82, 2.24) is 10.1 Å². The van der Waals surface area contributed by atoms with Crippen LogP contribution in [0.5, 0.6) is 0 Å². The van der Waals surface area contributed by atoms with Crippen LogP contribution < -0.4 is 5.73 Å². The third-order valence-electron chi connectivity index (χ3n) is 4.84. The Labute approximate surface area is 124 Å². The van der Waals surface area contributed by atoms with E-state index in [1.54, 1.807) is 0 Å². The Morgan fingerprint density at radius 2 is 1.95 bits per heavy atom. The average molecular weight is 281 g/mol. The van der Waals surface area contributed by atoms with Crippen molar-refractivity contribution in [1.29, 1.82) is 0 Å². The van der Waals surface area contributed by atoms with Crippen molar-refractivity contribution in [2.45, 2.75) is 43.1 Å². The highest BCUT2D eigenvalue weighted by Crippen LogP contribution is 2.48. The lowest BCUT2D eigenvalue weighted by atomic mass is 9.64. The molecular weight excluding hydrogens is 262 g/mol. The Hall–Kier alpha value is -1.94. The summed E-state index contributed by atoms with van der Waals surface area (Å²) in [7, 11) is 0. The number of benzene rings is 1. The summed E-state index contributed by atoms with van der Waals surface area (Å²) >= 11 is 0. The molecule has 0 spiro atoms. The summed E-state index contributed by atoms with van der Waals surface area (Å²) in [5.41, 5.74) is 7.15. The van der Waals surface area contributed by atoms with Crippen LogP contribution >= 0.6 is 0 Å². The zero-order valence-electron chi connectivity index (χ0n) is 11.9. The van der Waals surface area contributed by atoms with Crippen LogP contribution in [0.4, 0.5) is 0 Å². The van der Waals surface area contributed by atoms with Gasteiger partial charge in [-0.05, 0) is 24.8 Å². The van der Waals surface area contributed by atoms with Crippen LogP contribution in [0.3, 0.4) is 0 Å². The van der Waals surface area contributed by atoms with Crippen LogP contribution in [0.25, 0.3) is 0 Å². The standard InChI is InChI=1S/C17H19N3O/c18-14-8-7-12(11-14)15-19-16(20-21-15)17(9-4-10-17)13-5-2-1-3-6-13/h1-3,5-8,12,14H,4,9-11,18H2. The van der Waals surface area contributed by atoms with Crippen LogP contribution in [0, 0.1) is 0 Å². The van der Waals surface area contributed by atoms with Crippen molar-refractivity contribution in [2.75, 3.05) is 0 Å². The number of allylic oxidation sites excluding steroid dienone is 1. The molecule has 0 saturated heterocycles. The molecule has 2 aromatic rings. The van der Waals surface area contributed by atoms with E-state index < -0.39 is 0 Å². The van der Waals surface area contributed by atoms with E-state index in [2.05, 4.69) is 35.5 Å². The second kappa shape index (κ2) is 4.81. The first-order valence-corrected chi connectivity index (χ1v) is 7.61. The smallest absolute Gasteiger partial charge is 0.233 e. The van der Waals surface area contributed by atoms with Gasteiger partial charge in [-0.25, -0.2) is 0 Å². The second-order valence-corrected chi connectivity index (χ2v) is 6.15. The molecule has 108 valence electrons. The highest BCUT2D eigenvalue weighted by molar-refractivity contribution is 5.35. The van der Waals surface area contributed by atoms with Crippen molar-refractivity contribution in [3.63, 3.8) is 0 Å². The molecule has 0 aliphatic heterocycles. The largest absolute Gasteiger partial charge is 0.339 e. The molecule has 0 radical (unpaired) electrons. The lowest BCUT2D eigenvalue weighted by Crippen LogP contribution is -2.36. The molecule has 0 bridgehead atoms. The molecule has 2 aliphatic rings. The van der Waals surface area contributed by atoms with E-state index in [0.717, 1.165) is 25.1 Å². The van der Waals surface area contributed by atoms with E-state index in [1.807, 2.05) is 12.1 Å². The van der Waals surface area contributed by atoms with E-state index in [4.69, 9.17) is 15.2 Å². The van der Waals surface area contributed by atoms with Crippen LogP contribution in [0.2, 0.25) is 0 Å². The van der Waals surface area contributed by atoms with Gasteiger partial charge >= 0.3 is 0 Å². The molecule has 1 saturated carbocycles. The lowest BCUT2D eigenvalue weighted by molar-refractivity contribution is 0.270. The minimum Gasteiger partial charge on any atom is -0.339 e. The molecule has 2 N–H and O–H groups in total. The van der Waals surface area contributed by atoms with Crippen LogP contribution in [-0.4, -0.2) is 16.2 Å². The first-order chi connectivity index (χ1) is 10.3. The maximum atomic E-state index is 5.91. The molecule has 2 unspecified atom stereocenters. The fraction of sp³-hybridized carbons (Fsp3) is 0.412. The minimum absolute atomic E-state index is 0.0482. The second-order valence-electron chi connectivity index (χ2n) is 6.15. The van der Waals surface area contributed by atoms with E-state index >= 15 is 0 Å². The molecule has 2 aliphatic carbocycles. The predicted molar refractivity (Wildman–Crippen MR) is 79.8 cm³/mol. The van der Waals surface area contributed by atoms with Gasteiger partial charge in [0.25, 0.3) is 0 Å². The molecule has 1 aromatic heterocycles. The molecule has 4 nitrogen and oxygen atoms in total. The van der Waals surface area contributed by atoms with Crippen molar-refractivity contribution in [3.05, 3.63) is 59.8 Å². The number of rotatable bonds is 3. The minimum atomic E-state index is -0.0482. The Morgan fingerprint density at radius 1 is 1.14 bits per heavy atom. The van der Waals surface area contributed by atoms with E-state index in [0.29, 0.717) is 5.89 Å². The summed E-state index contributed by atoms with van der Waals surface area (Å²) in [4.78, 5) is 4.71. The van der Waals surface area contributed by atoms with E-state index in [9.17, 15) is 0 Å². The summed E-state index contributed by atoms with van der Waals surface area (Å²) in [6.07, 6.45) is 8.36. The molecule has 21 heavy (non-hydrogen) atoms. The zero-order valence-corrected chi connectivity index (χ0v) is 11.9. The predicted octanol–water partition coefficient (Wildman–Crippen LogP) is 2.91. The molecule has 0 amide bonds. The van der Waals surface area contributed by atoms with E-state index in [-0.39, 0.29) is 17.4 Å². The van der Waals surface area contributed by atoms with Gasteiger partial charge in [0.15, 0.2) is 5.82 Å². The molecule has 1 fully saturated rings. The molecule has 2 atom stereocenters. The van der Waals surface area contributed by atoms with E-state index in [1.165, 1.54) is 12.0 Å². The van der Waals surface area contributed by atoms with Gasteiger partial charge in [-0.2, -0.15) is 4.98 Å². The summed E-state index contributed by atoms with van der Waals surface area (Å²) in [5, 5.41) is 4.30. The molecule has 4 rings (SSSR count). The number of aromatic nitrogens is 2. The highest BCUT2D eigenvalue weighted by atomic mass is 16.5. The van der Waals surface area contributed by atoms with Gasteiger partial charge < -0.3 is 10.3 Å². The van der Waals surface area contributed by atoms with Gasteiger partial charge in [0.05, 0.1) is 11.3 Å².